The lowest BCUT2D eigenvalue weighted by Gasteiger charge is -2.09. The molecule has 1 aromatic heterocycles. The summed E-state index contributed by atoms with van der Waals surface area (Å²) >= 11 is 1.56. The first kappa shape index (κ1) is 20.1. The van der Waals surface area contributed by atoms with Gasteiger partial charge in [0, 0.05) is 16.5 Å². The molecule has 10 nitrogen and oxygen atoms in total. The van der Waals surface area contributed by atoms with E-state index in [1.165, 1.54) is 20.3 Å². The predicted octanol–water partition coefficient (Wildman–Crippen LogP) is 3.64. The third-order valence-corrected chi connectivity index (χ3v) is 4.63. The number of aromatic nitrogens is 2. The van der Waals surface area contributed by atoms with Gasteiger partial charge in [-0.3, -0.25) is 20.2 Å². The quantitative estimate of drug-likeness (QED) is 0.348. The molecular formula is C18H16N4O6S. The van der Waals surface area contributed by atoms with Gasteiger partial charge in [-0.2, -0.15) is 0 Å². The van der Waals surface area contributed by atoms with Crippen molar-refractivity contribution in [1.82, 2.24) is 10.2 Å². The van der Waals surface area contributed by atoms with Crippen molar-refractivity contribution >= 4 is 29.4 Å². The van der Waals surface area contributed by atoms with E-state index in [1.807, 2.05) is 24.5 Å². The van der Waals surface area contributed by atoms with Crippen molar-refractivity contribution < 1.29 is 23.6 Å². The first-order valence-electron chi connectivity index (χ1n) is 8.16. The molecule has 11 heteroatoms. The molecule has 2 aromatic carbocycles. The molecule has 0 aliphatic carbocycles. The van der Waals surface area contributed by atoms with E-state index >= 15 is 0 Å². The Balaban J connectivity index is 1.89. The van der Waals surface area contributed by atoms with Crippen LogP contribution in [0.5, 0.6) is 11.5 Å². The van der Waals surface area contributed by atoms with Crippen LogP contribution in [0.3, 0.4) is 0 Å². The summed E-state index contributed by atoms with van der Waals surface area (Å²) in [4.78, 5) is 24.3. The normalized spacial score (nSPS) is 10.4. The second kappa shape index (κ2) is 8.61. The monoisotopic (exact) mass is 416 g/mol. The maximum atomic E-state index is 12.6. The van der Waals surface area contributed by atoms with Crippen molar-refractivity contribution in [3.63, 3.8) is 0 Å². The first-order chi connectivity index (χ1) is 14.0. The van der Waals surface area contributed by atoms with Crippen molar-refractivity contribution in [2.75, 3.05) is 25.8 Å². The molecular weight excluding hydrogens is 400 g/mol. The van der Waals surface area contributed by atoms with E-state index in [4.69, 9.17) is 13.9 Å². The van der Waals surface area contributed by atoms with Gasteiger partial charge in [0.15, 0.2) is 11.5 Å². The minimum absolute atomic E-state index is 0.129. The van der Waals surface area contributed by atoms with Crippen molar-refractivity contribution in [3.8, 4) is 23.0 Å². The zero-order valence-corrected chi connectivity index (χ0v) is 16.5. The van der Waals surface area contributed by atoms with Gasteiger partial charge in [-0.05, 0) is 24.5 Å². The number of carbonyl (C=O) groups excluding carboxylic acids is 1. The number of nitrogens with zero attached hydrogens (tertiary/aromatic N) is 3. The molecule has 1 N–H and O–H groups in total. The summed E-state index contributed by atoms with van der Waals surface area (Å²) in [6, 6.07) is 9.57. The fourth-order valence-electron chi connectivity index (χ4n) is 2.51. The Hall–Kier alpha value is -3.60. The number of benzene rings is 2. The number of nitro groups is 1. The second-order valence-electron chi connectivity index (χ2n) is 5.58. The molecule has 29 heavy (non-hydrogen) atoms. The van der Waals surface area contributed by atoms with Gasteiger partial charge >= 0.3 is 6.01 Å². The van der Waals surface area contributed by atoms with E-state index in [1.54, 1.807) is 17.8 Å². The van der Waals surface area contributed by atoms with Gasteiger partial charge in [-0.1, -0.05) is 11.2 Å². The minimum atomic E-state index is -0.800. The first-order valence-corrected chi connectivity index (χ1v) is 9.39. The number of anilines is 1. The van der Waals surface area contributed by atoms with Gasteiger partial charge in [-0.15, -0.1) is 16.9 Å². The average molecular weight is 416 g/mol. The highest BCUT2D eigenvalue weighted by Gasteiger charge is 2.26. The van der Waals surface area contributed by atoms with E-state index in [9.17, 15) is 14.9 Å². The summed E-state index contributed by atoms with van der Waals surface area (Å²) < 4.78 is 15.6. The van der Waals surface area contributed by atoms with E-state index in [0.29, 0.717) is 5.56 Å². The lowest BCUT2D eigenvalue weighted by Crippen LogP contribution is -2.14. The number of thioether (sulfide) groups is 1. The molecule has 0 unspecified atom stereocenters. The number of amides is 1. The van der Waals surface area contributed by atoms with Crippen LogP contribution in [-0.4, -0.2) is 41.5 Å². The maximum Gasteiger partial charge on any atom is 0.322 e. The molecule has 0 aliphatic rings. The van der Waals surface area contributed by atoms with Crippen molar-refractivity contribution in [3.05, 3.63) is 52.1 Å². The number of rotatable bonds is 7. The van der Waals surface area contributed by atoms with Crippen molar-refractivity contribution in [2.24, 2.45) is 0 Å². The fourth-order valence-corrected chi connectivity index (χ4v) is 2.97. The van der Waals surface area contributed by atoms with Crippen LogP contribution in [0.25, 0.3) is 11.5 Å². The van der Waals surface area contributed by atoms with Crippen molar-refractivity contribution in [1.29, 1.82) is 0 Å². The molecule has 150 valence electrons. The van der Waals surface area contributed by atoms with Crippen LogP contribution in [0.2, 0.25) is 0 Å². The lowest BCUT2D eigenvalue weighted by atomic mass is 10.1. The SMILES string of the molecule is COc1cc(C(=O)Nc2nnc(-c3cccc(SC)c3)o2)c([N+](=O)[O-])cc1OC. The maximum absolute atomic E-state index is 12.6. The Morgan fingerprint density at radius 2 is 1.90 bits per heavy atom. The number of hydrogen-bond donors (Lipinski definition) is 1. The summed E-state index contributed by atoms with van der Waals surface area (Å²) in [5.41, 5.74) is -0.00807. The summed E-state index contributed by atoms with van der Waals surface area (Å²) in [6.07, 6.45) is 1.94. The summed E-state index contributed by atoms with van der Waals surface area (Å²) in [5, 5.41) is 21.4. The molecule has 3 aromatic rings. The van der Waals surface area contributed by atoms with Crippen LogP contribution in [0.4, 0.5) is 11.7 Å². The number of nitro benzene ring substituents is 1. The highest BCUT2D eigenvalue weighted by molar-refractivity contribution is 7.98. The van der Waals surface area contributed by atoms with Gasteiger partial charge in [0.05, 0.1) is 25.2 Å². The minimum Gasteiger partial charge on any atom is -0.493 e. The Labute approximate surface area is 169 Å². The van der Waals surface area contributed by atoms with E-state index < -0.39 is 16.5 Å². The van der Waals surface area contributed by atoms with Crippen molar-refractivity contribution in [2.45, 2.75) is 4.90 Å². The topological polar surface area (TPSA) is 130 Å². The number of nitrogens with one attached hydrogen (secondary N) is 1. The van der Waals surface area contributed by atoms with Gasteiger partial charge in [0.1, 0.15) is 5.56 Å². The molecule has 0 aliphatic heterocycles. The zero-order valence-electron chi connectivity index (χ0n) is 15.7. The molecule has 0 saturated carbocycles. The molecule has 3 rings (SSSR count). The Morgan fingerprint density at radius 3 is 2.55 bits per heavy atom. The molecule has 0 fully saturated rings. The van der Waals surface area contributed by atoms with Gasteiger partial charge in [0.25, 0.3) is 11.6 Å². The molecule has 0 radical (unpaired) electrons. The van der Waals surface area contributed by atoms with E-state index in [0.717, 1.165) is 11.0 Å². The zero-order chi connectivity index (χ0) is 21.0. The van der Waals surface area contributed by atoms with E-state index in [-0.39, 0.29) is 29.0 Å². The Kier molecular flexibility index (Phi) is 5.98. The van der Waals surface area contributed by atoms with Gasteiger partial charge < -0.3 is 13.9 Å². The summed E-state index contributed by atoms with van der Waals surface area (Å²) in [7, 11) is 2.70. The van der Waals surface area contributed by atoms with E-state index in [2.05, 4.69) is 15.5 Å². The fraction of sp³-hybridized carbons (Fsp3) is 0.167. The summed E-state index contributed by atoms with van der Waals surface area (Å²) in [5.74, 6) is -0.295. The van der Waals surface area contributed by atoms with Crippen LogP contribution in [0, 0.1) is 10.1 Å². The van der Waals surface area contributed by atoms with Gasteiger partial charge in [0.2, 0.25) is 5.89 Å². The molecule has 0 bridgehead atoms. The Morgan fingerprint density at radius 1 is 1.17 bits per heavy atom. The average Bonchev–Trinajstić information content (AvgIpc) is 3.21. The predicted molar refractivity (Wildman–Crippen MR) is 106 cm³/mol. The summed E-state index contributed by atoms with van der Waals surface area (Å²) in [6.45, 7) is 0. The smallest absolute Gasteiger partial charge is 0.322 e. The third-order valence-electron chi connectivity index (χ3n) is 3.91. The standard InChI is InChI=1S/C18H16N4O6S/c1-26-14-8-12(13(22(24)25)9-15(14)27-2)16(23)19-18-21-20-17(28-18)10-5-4-6-11(7-10)29-3/h4-9H,1-3H3,(H,19,21,23). The van der Waals surface area contributed by atoms with Crippen LogP contribution in [0.1, 0.15) is 10.4 Å². The number of carbonyl (C=O) groups is 1. The van der Waals surface area contributed by atoms with Gasteiger partial charge in [-0.25, -0.2) is 0 Å². The molecule has 0 spiro atoms. The molecule has 0 saturated heterocycles. The number of hydrogen-bond acceptors (Lipinski definition) is 9. The third kappa shape index (κ3) is 4.29. The highest BCUT2D eigenvalue weighted by atomic mass is 32.2. The largest absolute Gasteiger partial charge is 0.493 e. The Bertz CT molecular complexity index is 1070. The van der Waals surface area contributed by atoms with Crippen LogP contribution in [0.15, 0.2) is 45.7 Å². The molecule has 0 atom stereocenters. The number of ether oxygens (including phenoxy) is 2. The highest BCUT2D eigenvalue weighted by Crippen LogP contribution is 2.35. The lowest BCUT2D eigenvalue weighted by molar-refractivity contribution is -0.385. The second-order valence-corrected chi connectivity index (χ2v) is 6.46. The van der Waals surface area contributed by atoms with Crippen LogP contribution >= 0.6 is 11.8 Å². The molecule has 1 amide bonds. The van der Waals surface area contributed by atoms with Crippen LogP contribution in [-0.2, 0) is 0 Å². The number of methoxy groups -OCH3 is 2. The molecule has 1 heterocycles. The van der Waals surface area contributed by atoms with Crippen LogP contribution < -0.4 is 14.8 Å².